The molecule has 0 bridgehead atoms. The minimum absolute atomic E-state index is 0.354. The van der Waals surface area contributed by atoms with Gasteiger partial charge in [-0.3, -0.25) is 4.79 Å². The van der Waals surface area contributed by atoms with Gasteiger partial charge in [0.05, 0.1) is 21.3 Å². The molecule has 1 N–H and O–H groups in total. The van der Waals surface area contributed by atoms with Crippen molar-refractivity contribution in [1.29, 1.82) is 0 Å². The molecule has 0 aliphatic heterocycles. The standard InChI is InChI=1S/C16H23NO5/c1-5-6-7-12(16(19)22-4)17-15(18)11-8-9-13(20-2)14(10-11)21-3/h8-10,12H,5-7H2,1-4H3,(H,17,18). The summed E-state index contributed by atoms with van der Waals surface area (Å²) in [6, 6.07) is 4.19. The summed E-state index contributed by atoms with van der Waals surface area (Å²) in [7, 11) is 4.33. The van der Waals surface area contributed by atoms with E-state index in [1.807, 2.05) is 6.92 Å². The molecule has 1 aromatic carbocycles. The molecule has 0 radical (unpaired) electrons. The average molecular weight is 309 g/mol. The van der Waals surface area contributed by atoms with E-state index in [0.717, 1.165) is 12.8 Å². The largest absolute Gasteiger partial charge is 0.493 e. The number of methoxy groups -OCH3 is 3. The Morgan fingerprint density at radius 3 is 2.36 bits per heavy atom. The smallest absolute Gasteiger partial charge is 0.328 e. The van der Waals surface area contributed by atoms with E-state index < -0.39 is 12.0 Å². The van der Waals surface area contributed by atoms with Crippen molar-refractivity contribution >= 4 is 11.9 Å². The lowest BCUT2D eigenvalue weighted by Gasteiger charge is -2.16. The molecule has 6 heteroatoms. The number of benzene rings is 1. The van der Waals surface area contributed by atoms with E-state index in [1.165, 1.54) is 21.3 Å². The Balaban J connectivity index is 2.87. The highest BCUT2D eigenvalue weighted by Crippen LogP contribution is 2.27. The van der Waals surface area contributed by atoms with Crippen LogP contribution in [0, 0.1) is 0 Å². The van der Waals surface area contributed by atoms with Crippen molar-refractivity contribution in [3.63, 3.8) is 0 Å². The van der Waals surface area contributed by atoms with Gasteiger partial charge in [0.1, 0.15) is 6.04 Å². The molecule has 0 spiro atoms. The minimum atomic E-state index is -0.648. The summed E-state index contributed by atoms with van der Waals surface area (Å²) in [5.41, 5.74) is 0.392. The van der Waals surface area contributed by atoms with Crippen LogP contribution < -0.4 is 14.8 Å². The highest BCUT2D eigenvalue weighted by atomic mass is 16.5. The minimum Gasteiger partial charge on any atom is -0.493 e. The lowest BCUT2D eigenvalue weighted by atomic mass is 10.1. The molecule has 0 aliphatic rings. The molecular formula is C16H23NO5. The van der Waals surface area contributed by atoms with Crippen LogP contribution in [0.2, 0.25) is 0 Å². The number of ether oxygens (including phenoxy) is 3. The number of esters is 1. The first-order valence-electron chi connectivity index (χ1n) is 7.18. The van der Waals surface area contributed by atoms with E-state index in [2.05, 4.69) is 5.32 Å². The maximum absolute atomic E-state index is 12.3. The van der Waals surface area contributed by atoms with Gasteiger partial charge in [-0.15, -0.1) is 0 Å². The summed E-state index contributed by atoms with van der Waals surface area (Å²) in [5.74, 6) is 0.197. The second-order valence-electron chi connectivity index (χ2n) is 4.76. The first kappa shape index (κ1) is 17.8. The quantitative estimate of drug-likeness (QED) is 0.745. The van der Waals surface area contributed by atoms with Crippen molar-refractivity contribution in [3.05, 3.63) is 23.8 Å². The van der Waals surface area contributed by atoms with Gasteiger partial charge >= 0.3 is 5.97 Å². The van der Waals surface area contributed by atoms with Gasteiger partial charge in [-0.25, -0.2) is 4.79 Å². The van der Waals surface area contributed by atoms with Crippen LogP contribution in [0.4, 0.5) is 0 Å². The van der Waals surface area contributed by atoms with Crippen molar-refractivity contribution in [2.45, 2.75) is 32.2 Å². The van der Waals surface area contributed by atoms with Gasteiger partial charge in [0.25, 0.3) is 5.91 Å². The topological polar surface area (TPSA) is 73.9 Å². The Morgan fingerprint density at radius 1 is 1.14 bits per heavy atom. The molecule has 0 saturated carbocycles. The first-order chi connectivity index (χ1) is 10.6. The number of amides is 1. The van der Waals surface area contributed by atoms with Crippen LogP contribution in [0.3, 0.4) is 0 Å². The predicted molar refractivity (Wildman–Crippen MR) is 82.3 cm³/mol. The normalized spacial score (nSPS) is 11.5. The van der Waals surface area contributed by atoms with Gasteiger partial charge < -0.3 is 19.5 Å². The third kappa shape index (κ3) is 4.65. The van der Waals surface area contributed by atoms with Crippen molar-refractivity contribution in [1.82, 2.24) is 5.32 Å². The SMILES string of the molecule is CCCCC(NC(=O)c1ccc(OC)c(OC)c1)C(=O)OC. The highest BCUT2D eigenvalue weighted by molar-refractivity contribution is 5.97. The second-order valence-corrected chi connectivity index (χ2v) is 4.76. The molecule has 122 valence electrons. The molecule has 6 nitrogen and oxygen atoms in total. The number of hydrogen-bond donors (Lipinski definition) is 1. The van der Waals surface area contributed by atoms with Crippen LogP contribution >= 0.6 is 0 Å². The molecule has 1 amide bonds. The van der Waals surface area contributed by atoms with Crippen molar-refractivity contribution in [2.75, 3.05) is 21.3 Å². The molecule has 0 heterocycles. The summed E-state index contributed by atoms with van der Waals surface area (Å²) < 4.78 is 15.0. The number of hydrogen-bond acceptors (Lipinski definition) is 5. The van der Waals surface area contributed by atoms with E-state index in [9.17, 15) is 9.59 Å². The lowest BCUT2D eigenvalue weighted by Crippen LogP contribution is -2.41. The molecule has 1 atom stereocenters. The molecule has 1 unspecified atom stereocenters. The molecule has 1 aromatic rings. The fourth-order valence-corrected chi connectivity index (χ4v) is 2.02. The molecule has 0 fully saturated rings. The monoisotopic (exact) mass is 309 g/mol. The Morgan fingerprint density at radius 2 is 1.82 bits per heavy atom. The molecule has 1 rings (SSSR count). The van der Waals surface area contributed by atoms with E-state index in [0.29, 0.717) is 23.5 Å². The van der Waals surface area contributed by atoms with Crippen LogP contribution in [0.5, 0.6) is 11.5 Å². The van der Waals surface area contributed by atoms with Crippen molar-refractivity contribution < 1.29 is 23.8 Å². The van der Waals surface area contributed by atoms with Gasteiger partial charge in [-0.2, -0.15) is 0 Å². The van der Waals surface area contributed by atoms with Crippen LogP contribution in [-0.4, -0.2) is 39.2 Å². The van der Waals surface area contributed by atoms with E-state index >= 15 is 0 Å². The van der Waals surface area contributed by atoms with Crippen molar-refractivity contribution in [2.24, 2.45) is 0 Å². The van der Waals surface area contributed by atoms with Gasteiger partial charge in [-0.1, -0.05) is 19.8 Å². The Hall–Kier alpha value is -2.24. The number of carbonyl (C=O) groups is 2. The summed E-state index contributed by atoms with van der Waals surface area (Å²) >= 11 is 0. The third-order valence-electron chi connectivity index (χ3n) is 3.28. The number of nitrogens with one attached hydrogen (secondary N) is 1. The summed E-state index contributed by atoms with van der Waals surface area (Å²) in [5, 5.41) is 2.70. The van der Waals surface area contributed by atoms with Gasteiger partial charge in [0, 0.05) is 5.56 Å². The maximum Gasteiger partial charge on any atom is 0.328 e. The molecule has 0 aliphatic carbocycles. The average Bonchev–Trinajstić information content (AvgIpc) is 2.56. The second kappa shape index (κ2) is 8.92. The van der Waals surface area contributed by atoms with Gasteiger partial charge in [0.15, 0.2) is 11.5 Å². The van der Waals surface area contributed by atoms with E-state index in [4.69, 9.17) is 14.2 Å². The fraction of sp³-hybridized carbons (Fsp3) is 0.500. The van der Waals surface area contributed by atoms with Crippen LogP contribution in [0.1, 0.15) is 36.5 Å². The zero-order valence-corrected chi connectivity index (χ0v) is 13.5. The molecular weight excluding hydrogens is 286 g/mol. The fourth-order valence-electron chi connectivity index (χ4n) is 2.02. The summed E-state index contributed by atoms with van der Waals surface area (Å²) in [6.45, 7) is 2.02. The molecule has 22 heavy (non-hydrogen) atoms. The lowest BCUT2D eigenvalue weighted by molar-refractivity contribution is -0.143. The van der Waals surface area contributed by atoms with Crippen LogP contribution in [0.25, 0.3) is 0 Å². The zero-order chi connectivity index (χ0) is 16.5. The maximum atomic E-state index is 12.3. The highest BCUT2D eigenvalue weighted by Gasteiger charge is 2.22. The van der Waals surface area contributed by atoms with Crippen molar-refractivity contribution in [3.8, 4) is 11.5 Å². The zero-order valence-electron chi connectivity index (χ0n) is 13.5. The Kier molecular flexibility index (Phi) is 7.22. The van der Waals surface area contributed by atoms with Gasteiger partial charge in [-0.05, 0) is 24.6 Å². The van der Waals surface area contributed by atoms with E-state index in [-0.39, 0.29) is 5.91 Å². The summed E-state index contributed by atoms with van der Waals surface area (Å²) in [4.78, 5) is 24.0. The molecule has 0 saturated heterocycles. The van der Waals surface area contributed by atoms with Gasteiger partial charge in [0.2, 0.25) is 0 Å². The molecule has 0 aromatic heterocycles. The number of rotatable bonds is 8. The van der Waals surface area contributed by atoms with E-state index in [1.54, 1.807) is 18.2 Å². The summed E-state index contributed by atoms with van der Waals surface area (Å²) in [6.07, 6.45) is 2.30. The third-order valence-corrected chi connectivity index (χ3v) is 3.28. The van der Waals surface area contributed by atoms with Crippen LogP contribution in [0.15, 0.2) is 18.2 Å². The number of unbranched alkanes of at least 4 members (excludes halogenated alkanes) is 1. The Bertz CT molecular complexity index is 515. The Labute approximate surface area is 130 Å². The van der Waals surface area contributed by atoms with Crippen LogP contribution in [-0.2, 0) is 9.53 Å². The number of carbonyl (C=O) groups excluding carboxylic acids is 2. The predicted octanol–water partition coefficient (Wildman–Crippen LogP) is 2.17. The first-order valence-corrected chi connectivity index (χ1v) is 7.18.